The molecule has 0 aliphatic heterocycles. The lowest BCUT2D eigenvalue weighted by Gasteiger charge is -2.15. The Kier molecular flexibility index (Phi) is 3.61. The molecule has 0 fully saturated rings. The van der Waals surface area contributed by atoms with Gasteiger partial charge in [0.2, 0.25) is 5.91 Å². The zero-order chi connectivity index (χ0) is 16.7. The number of carbonyl (C=O) groups excluding carboxylic acids is 1. The molecule has 2 aromatic heterocycles. The van der Waals surface area contributed by atoms with E-state index in [-0.39, 0.29) is 0 Å². The number of aromatic nitrogens is 3. The highest BCUT2D eigenvalue weighted by molar-refractivity contribution is 7.09. The normalized spacial score (nSPS) is 12.4. The highest BCUT2D eigenvalue weighted by Crippen LogP contribution is 2.29. The van der Waals surface area contributed by atoms with Crippen molar-refractivity contribution in [1.82, 2.24) is 14.1 Å². The molecule has 3 rings (SSSR count). The van der Waals surface area contributed by atoms with Crippen LogP contribution in [-0.4, -0.2) is 20.0 Å². The lowest BCUT2D eigenvalue weighted by atomic mass is 9.95. The van der Waals surface area contributed by atoms with Crippen LogP contribution in [0.1, 0.15) is 16.5 Å². The van der Waals surface area contributed by atoms with E-state index in [4.69, 9.17) is 5.73 Å². The standard InChI is InChI=1S/C15H14N4O3S/c1-18-9-5-3-4-8(10(9)14(21)19(2)15(18)22)11(12(16)20)13-17-6-7-23-13/h3-7,11H,1-2H3,(H2,16,20). The molecule has 0 saturated heterocycles. The number of nitrogens with two attached hydrogens (primary N) is 1. The Hall–Kier alpha value is -2.74. The second-order valence-corrected chi connectivity index (χ2v) is 6.08. The molecule has 8 heteroatoms. The number of amides is 1. The zero-order valence-corrected chi connectivity index (χ0v) is 13.3. The van der Waals surface area contributed by atoms with Gasteiger partial charge in [0.1, 0.15) is 10.9 Å². The van der Waals surface area contributed by atoms with Crippen molar-refractivity contribution >= 4 is 28.1 Å². The maximum absolute atomic E-state index is 12.6. The molecular formula is C15H14N4O3S. The number of benzene rings is 1. The summed E-state index contributed by atoms with van der Waals surface area (Å²) in [5, 5.41) is 2.56. The number of primary amides is 1. The summed E-state index contributed by atoms with van der Waals surface area (Å²) in [7, 11) is 2.99. The summed E-state index contributed by atoms with van der Waals surface area (Å²) in [6, 6.07) is 5.03. The fraction of sp³-hybridized carbons (Fsp3) is 0.200. The number of nitrogens with zero attached hydrogens (tertiary/aromatic N) is 3. The van der Waals surface area contributed by atoms with Crippen LogP contribution in [0.2, 0.25) is 0 Å². The minimum absolute atomic E-state index is 0.302. The van der Waals surface area contributed by atoms with Gasteiger partial charge in [-0.15, -0.1) is 11.3 Å². The van der Waals surface area contributed by atoms with E-state index in [0.717, 1.165) is 4.57 Å². The van der Waals surface area contributed by atoms with Crippen molar-refractivity contribution in [1.29, 1.82) is 0 Å². The van der Waals surface area contributed by atoms with Crippen LogP contribution in [0.25, 0.3) is 10.9 Å². The van der Waals surface area contributed by atoms with Crippen molar-refractivity contribution in [3.8, 4) is 0 Å². The third-order valence-corrected chi connectivity index (χ3v) is 4.66. The number of rotatable bonds is 3. The second kappa shape index (κ2) is 5.47. The van der Waals surface area contributed by atoms with Gasteiger partial charge in [-0.1, -0.05) is 12.1 Å². The Morgan fingerprint density at radius 1 is 1.26 bits per heavy atom. The lowest BCUT2D eigenvalue weighted by molar-refractivity contribution is -0.118. The van der Waals surface area contributed by atoms with Crippen LogP contribution in [0.3, 0.4) is 0 Å². The highest BCUT2D eigenvalue weighted by Gasteiger charge is 2.26. The number of fused-ring (bicyclic) bond motifs is 1. The lowest BCUT2D eigenvalue weighted by Crippen LogP contribution is -2.38. The van der Waals surface area contributed by atoms with Gasteiger partial charge in [-0.25, -0.2) is 9.78 Å². The smallest absolute Gasteiger partial charge is 0.330 e. The quantitative estimate of drug-likeness (QED) is 0.747. The predicted octanol–water partition coefficient (Wildman–Crippen LogP) is 0.311. The summed E-state index contributed by atoms with van der Waals surface area (Å²) in [6.45, 7) is 0. The molecule has 1 aromatic carbocycles. The van der Waals surface area contributed by atoms with Crippen LogP contribution in [-0.2, 0) is 18.9 Å². The highest BCUT2D eigenvalue weighted by atomic mass is 32.1. The summed E-state index contributed by atoms with van der Waals surface area (Å²) in [5.74, 6) is -1.42. The minimum Gasteiger partial charge on any atom is -0.369 e. The SMILES string of the molecule is Cn1c(=O)c2c(C(C(N)=O)c3nccs3)cccc2n(C)c1=O. The van der Waals surface area contributed by atoms with Gasteiger partial charge in [-0.3, -0.25) is 18.7 Å². The summed E-state index contributed by atoms with van der Waals surface area (Å²) in [5.41, 5.74) is 5.59. The molecular weight excluding hydrogens is 316 g/mol. The van der Waals surface area contributed by atoms with Crippen molar-refractivity contribution in [2.45, 2.75) is 5.92 Å². The third kappa shape index (κ3) is 2.27. The summed E-state index contributed by atoms with van der Waals surface area (Å²) >= 11 is 1.29. The molecule has 3 aromatic rings. The molecule has 7 nitrogen and oxygen atoms in total. The molecule has 2 heterocycles. The van der Waals surface area contributed by atoms with Gasteiger partial charge in [-0.05, 0) is 11.6 Å². The Balaban J connectivity index is 2.45. The number of aryl methyl sites for hydroxylation is 1. The van der Waals surface area contributed by atoms with E-state index in [0.29, 0.717) is 21.5 Å². The topological polar surface area (TPSA) is 100.0 Å². The number of thiazole rings is 1. The van der Waals surface area contributed by atoms with Gasteiger partial charge < -0.3 is 5.73 Å². The van der Waals surface area contributed by atoms with E-state index in [2.05, 4.69) is 4.98 Å². The zero-order valence-electron chi connectivity index (χ0n) is 12.5. The van der Waals surface area contributed by atoms with Gasteiger partial charge in [0, 0.05) is 25.7 Å². The largest absolute Gasteiger partial charge is 0.369 e. The van der Waals surface area contributed by atoms with Crippen molar-refractivity contribution < 1.29 is 4.79 Å². The van der Waals surface area contributed by atoms with E-state index in [1.807, 2.05) is 0 Å². The Labute approximate surface area is 134 Å². The van der Waals surface area contributed by atoms with E-state index in [1.54, 1.807) is 36.8 Å². The Morgan fingerprint density at radius 3 is 2.61 bits per heavy atom. The van der Waals surface area contributed by atoms with E-state index < -0.39 is 23.1 Å². The summed E-state index contributed by atoms with van der Waals surface area (Å²) in [6.07, 6.45) is 1.58. The van der Waals surface area contributed by atoms with Crippen LogP contribution in [0, 0.1) is 0 Å². The van der Waals surface area contributed by atoms with Crippen molar-refractivity contribution in [3.05, 3.63) is 61.2 Å². The van der Waals surface area contributed by atoms with E-state index in [9.17, 15) is 14.4 Å². The van der Waals surface area contributed by atoms with Crippen molar-refractivity contribution in [2.24, 2.45) is 19.8 Å². The van der Waals surface area contributed by atoms with Crippen LogP contribution >= 0.6 is 11.3 Å². The average molecular weight is 330 g/mol. The minimum atomic E-state index is -0.830. The van der Waals surface area contributed by atoms with Gasteiger partial charge in [0.15, 0.2) is 0 Å². The van der Waals surface area contributed by atoms with Gasteiger partial charge in [0.25, 0.3) is 5.56 Å². The molecule has 1 amide bonds. The number of hydrogen-bond donors (Lipinski definition) is 1. The molecule has 0 aliphatic rings. The molecule has 0 radical (unpaired) electrons. The molecule has 118 valence electrons. The van der Waals surface area contributed by atoms with E-state index >= 15 is 0 Å². The summed E-state index contributed by atoms with van der Waals surface area (Å²) in [4.78, 5) is 40.8. The van der Waals surface area contributed by atoms with Crippen LogP contribution in [0.4, 0.5) is 0 Å². The maximum atomic E-state index is 12.6. The fourth-order valence-corrected chi connectivity index (χ4v) is 3.44. The molecule has 1 unspecified atom stereocenters. The van der Waals surface area contributed by atoms with Gasteiger partial charge in [-0.2, -0.15) is 0 Å². The first kappa shape index (κ1) is 15.2. The summed E-state index contributed by atoms with van der Waals surface area (Å²) < 4.78 is 2.39. The molecule has 1 atom stereocenters. The van der Waals surface area contributed by atoms with Crippen molar-refractivity contribution in [3.63, 3.8) is 0 Å². The first-order chi connectivity index (χ1) is 10.9. The molecule has 23 heavy (non-hydrogen) atoms. The average Bonchev–Trinajstić information content (AvgIpc) is 3.04. The van der Waals surface area contributed by atoms with Gasteiger partial charge >= 0.3 is 5.69 Å². The second-order valence-electron chi connectivity index (χ2n) is 5.15. The van der Waals surface area contributed by atoms with Crippen LogP contribution in [0.15, 0.2) is 39.4 Å². The van der Waals surface area contributed by atoms with Crippen molar-refractivity contribution in [2.75, 3.05) is 0 Å². The first-order valence-electron chi connectivity index (χ1n) is 6.80. The molecule has 0 saturated carbocycles. The predicted molar refractivity (Wildman–Crippen MR) is 87.6 cm³/mol. The third-order valence-electron chi connectivity index (χ3n) is 3.82. The van der Waals surface area contributed by atoms with Crippen LogP contribution < -0.4 is 17.0 Å². The van der Waals surface area contributed by atoms with Gasteiger partial charge in [0.05, 0.1) is 10.9 Å². The molecule has 0 bridgehead atoms. The Bertz CT molecular complexity index is 1020. The van der Waals surface area contributed by atoms with E-state index in [1.165, 1.54) is 23.0 Å². The monoisotopic (exact) mass is 330 g/mol. The number of carbonyl (C=O) groups is 1. The van der Waals surface area contributed by atoms with Crippen LogP contribution in [0.5, 0.6) is 0 Å². The maximum Gasteiger partial charge on any atom is 0.330 e. The first-order valence-corrected chi connectivity index (χ1v) is 7.68. The molecule has 0 aliphatic carbocycles. The number of hydrogen-bond acceptors (Lipinski definition) is 5. The molecule has 0 spiro atoms. The Morgan fingerprint density at radius 2 is 2.00 bits per heavy atom. The molecule has 2 N–H and O–H groups in total. The fourth-order valence-electron chi connectivity index (χ4n) is 2.68.